The van der Waals surface area contributed by atoms with Crippen molar-refractivity contribution in [1.29, 1.82) is 0 Å². The van der Waals surface area contributed by atoms with Crippen molar-refractivity contribution in [2.24, 2.45) is 0 Å². The molecular formula is C16H14F4O4S. The molecule has 0 spiro atoms. The fraction of sp³-hybridized carbons (Fsp3) is 0.375. The van der Waals surface area contributed by atoms with Crippen LogP contribution in [0.2, 0.25) is 0 Å². The largest absolute Gasteiger partial charge is 0.451 e. The van der Waals surface area contributed by atoms with Gasteiger partial charge >= 0.3 is 0 Å². The molecule has 0 aliphatic heterocycles. The monoisotopic (exact) mass is 378 g/mol. The summed E-state index contributed by atoms with van der Waals surface area (Å²) in [6.45, 7) is 0. The summed E-state index contributed by atoms with van der Waals surface area (Å²) in [5.74, 6) is -7.32. The zero-order valence-electron chi connectivity index (χ0n) is 12.8. The van der Waals surface area contributed by atoms with Gasteiger partial charge in [0.2, 0.25) is 5.83 Å². The average Bonchev–Trinajstić information content (AvgIpc) is 2.56. The van der Waals surface area contributed by atoms with Crippen LogP contribution < -0.4 is 4.74 Å². The van der Waals surface area contributed by atoms with E-state index >= 15 is 0 Å². The first kappa shape index (κ1) is 17.9. The third-order valence-electron chi connectivity index (χ3n) is 4.27. The third kappa shape index (κ3) is 3.18. The lowest BCUT2D eigenvalue weighted by molar-refractivity contribution is 0.250. The zero-order chi connectivity index (χ0) is 18.4. The standard InChI is InChI=1S/C16H14F4O4S/c17-11-13(19)16(25(21,22)23)14(20)12(18)15(11)24-10-7-3-5-8-4-1-2-6-9(8)10/h3,5,7,13,16H,1-2,4,6H2,(H,21,22,23). The van der Waals surface area contributed by atoms with Gasteiger partial charge in [0.1, 0.15) is 5.75 Å². The molecular weight excluding hydrogens is 364 g/mol. The fourth-order valence-corrected chi connectivity index (χ4v) is 3.84. The van der Waals surface area contributed by atoms with Gasteiger partial charge in [0, 0.05) is 0 Å². The Morgan fingerprint density at radius 1 is 1.08 bits per heavy atom. The summed E-state index contributed by atoms with van der Waals surface area (Å²) in [6.07, 6.45) is -0.000845. The molecule has 0 saturated carbocycles. The van der Waals surface area contributed by atoms with E-state index in [-0.39, 0.29) is 5.75 Å². The highest BCUT2D eigenvalue weighted by molar-refractivity contribution is 7.86. The Hall–Kier alpha value is -1.87. The summed E-state index contributed by atoms with van der Waals surface area (Å²) < 4.78 is 92.0. The zero-order valence-corrected chi connectivity index (χ0v) is 13.6. The summed E-state index contributed by atoms with van der Waals surface area (Å²) >= 11 is 0. The Labute approximate surface area is 141 Å². The van der Waals surface area contributed by atoms with Crippen LogP contribution in [-0.2, 0) is 23.0 Å². The van der Waals surface area contributed by atoms with E-state index in [1.165, 1.54) is 6.07 Å². The van der Waals surface area contributed by atoms with Gasteiger partial charge in [-0.1, -0.05) is 12.1 Å². The second kappa shape index (κ2) is 6.45. The van der Waals surface area contributed by atoms with Crippen LogP contribution in [0.3, 0.4) is 0 Å². The van der Waals surface area contributed by atoms with E-state index in [0.29, 0.717) is 12.0 Å². The van der Waals surface area contributed by atoms with E-state index in [1.807, 2.05) is 6.07 Å². The molecule has 9 heteroatoms. The van der Waals surface area contributed by atoms with E-state index < -0.39 is 44.8 Å². The van der Waals surface area contributed by atoms with Crippen LogP contribution in [0.5, 0.6) is 5.75 Å². The Morgan fingerprint density at radius 2 is 1.76 bits per heavy atom. The number of fused-ring (bicyclic) bond motifs is 1. The molecule has 0 fully saturated rings. The lowest BCUT2D eigenvalue weighted by Gasteiger charge is -2.25. The average molecular weight is 378 g/mol. The van der Waals surface area contributed by atoms with Gasteiger partial charge in [-0.2, -0.15) is 12.8 Å². The molecule has 1 aromatic carbocycles. The number of allylic oxidation sites excluding steroid dienone is 2. The van der Waals surface area contributed by atoms with Crippen LogP contribution in [0.25, 0.3) is 0 Å². The minimum absolute atomic E-state index is 0.0582. The predicted octanol–water partition coefficient (Wildman–Crippen LogP) is 3.88. The maximum Gasteiger partial charge on any atom is 0.277 e. The van der Waals surface area contributed by atoms with E-state index in [4.69, 9.17) is 9.29 Å². The van der Waals surface area contributed by atoms with Gasteiger partial charge in [0.15, 0.2) is 28.8 Å². The molecule has 0 heterocycles. The van der Waals surface area contributed by atoms with Crippen molar-refractivity contribution in [2.45, 2.75) is 37.1 Å². The van der Waals surface area contributed by atoms with E-state index in [9.17, 15) is 26.0 Å². The van der Waals surface area contributed by atoms with Crippen molar-refractivity contribution in [1.82, 2.24) is 0 Å². The quantitative estimate of drug-likeness (QED) is 0.640. The lowest BCUT2D eigenvalue weighted by atomic mass is 9.91. The smallest absolute Gasteiger partial charge is 0.277 e. The number of aryl methyl sites for hydroxylation is 1. The third-order valence-corrected chi connectivity index (χ3v) is 5.36. The van der Waals surface area contributed by atoms with Gasteiger partial charge in [-0.25, -0.2) is 13.2 Å². The van der Waals surface area contributed by atoms with Crippen LogP contribution in [-0.4, -0.2) is 24.4 Å². The second-order valence-corrected chi connectivity index (χ2v) is 7.42. The number of rotatable bonds is 3. The van der Waals surface area contributed by atoms with Gasteiger partial charge in [-0.3, -0.25) is 4.55 Å². The summed E-state index contributed by atoms with van der Waals surface area (Å²) in [4.78, 5) is 0. The molecule has 2 aliphatic carbocycles. The molecule has 136 valence electrons. The second-order valence-electron chi connectivity index (χ2n) is 5.88. The molecule has 3 rings (SSSR count). The molecule has 0 radical (unpaired) electrons. The van der Waals surface area contributed by atoms with Crippen LogP contribution in [0, 0.1) is 0 Å². The van der Waals surface area contributed by atoms with Crippen molar-refractivity contribution >= 4 is 10.1 Å². The van der Waals surface area contributed by atoms with Gasteiger partial charge in [-0.05, 0) is 42.9 Å². The first-order valence-corrected chi connectivity index (χ1v) is 9.06. The number of hydrogen-bond acceptors (Lipinski definition) is 3. The van der Waals surface area contributed by atoms with Gasteiger partial charge < -0.3 is 4.74 Å². The molecule has 0 aromatic heterocycles. The molecule has 0 bridgehead atoms. The van der Waals surface area contributed by atoms with Crippen molar-refractivity contribution < 1.29 is 35.3 Å². The highest BCUT2D eigenvalue weighted by atomic mass is 32.2. The first-order valence-electron chi connectivity index (χ1n) is 7.56. The minimum atomic E-state index is -5.38. The SMILES string of the molecule is O=S(=O)(O)C1C(F)=C(F)C(Oc2cccc3c2CCCC3)=C(F)C1F. The minimum Gasteiger partial charge on any atom is -0.451 e. The van der Waals surface area contributed by atoms with Crippen LogP contribution in [0.15, 0.2) is 41.4 Å². The number of ether oxygens (including phenoxy) is 1. The number of alkyl halides is 1. The van der Waals surface area contributed by atoms with Gasteiger partial charge in [0.05, 0.1) is 0 Å². The molecule has 0 amide bonds. The Balaban J connectivity index is 2.03. The lowest BCUT2D eigenvalue weighted by Crippen LogP contribution is -2.36. The summed E-state index contributed by atoms with van der Waals surface area (Å²) in [6, 6.07) is 4.83. The Bertz CT molecular complexity index is 876. The van der Waals surface area contributed by atoms with Gasteiger partial charge in [-0.15, -0.1) is 0 Å². The van der Waals surface area contributed by atoms with E-state index in [1.54, 1.807) is 6.07 Å². The van der Waals surface area contributed by atoms with E-state index in [0.717, 1.165) is 24.8 Å². The number of benzene rings is 1. The molecule has 1 aromatic rings. The van der Waals surface area contributed by atoms with Crippen molar-refractivity contribution in [2.75, 3.05) is 0 Å². The molecule has 25 heavy (non-hydrogen) atoms. The molecule has 2 unspecified atom stereocenters. The molecule has 4 nitrogen and oxygen atoms in total. The van der Waals surface area contributed by atoms with Crippen molar-refractivity contribution in [3.63, 3.8) is 0 Å². The number of halogens is 4. The topological polar surface area (TPSA) is 63.6 Å². The van der Waals surface area contributed by atoms with Crippen LogP contribution in [0.1, 0.15) is 24.0 Å². The number of hydrogen-bond donors (Lipinski definition) is 1. The maximum atomic E-state index is 14.1. The van der Waals surface area contributed by atoms with Crippen molar-refractivity contribution in [3.8, 4) is 5.75 Å². The van der Waals surface area contributed by atoms with Gasteiger partial charge in [0.25, 0.3) is 10.1 Å². The normalized spacial score (nSPS) is 24.4. The van der Waals surface area contributed by atoms with E-state index in [2.05, 4.69) is 0 Å². The van der Waals surface area contributed by atoms with Crippen molar-refractivity contribution in [3.05, 3.63) is 52.6 Å². The highest BCUT2D eigenvalue weighted by Crippen LogP contribution is 2.40. The Morgan fingerprint density at radius 3 is 2.44 bits per heavy atom. The van der Waals surface area contributed by atoms with Crippen LogP contribution in [0.4, 0.5) is 17.6 Å². The summed E-state index contributed by atoms with van der Waals surface area (Å²) in [7, 11) is -5.38. The fourth-order valence-electron chi connectivity index (χ4n) is 3.05. The molecule has 0 saturated heterocycles. The summed E-state index contributed by atoms with van der Waals surface area (Å²) in [5, 5.41) is -2.98. The van der Waals surface area contributed by atoms with Crippen LogP contribution >= 0.6 is 0 Å². The first-order chi connectivity index (χ1) is 11.7. The maximum absolute atomic E-state index is 14.1. The predicted molar refractivity (Wildman–Crippen MR) is 81.3 cm³/mol. The molecule has 2 aliphatic rings. The molecule has 2 atom stereocenters. The molecule has 1 N–H and O–H groups in total. The Kier molecular flexibility index (Phi) is 4.63. The highest BCUT2D eigenvalue weighted by Gasteiger charge is 2.48. The summed E-state index contributed by atoms with van der Waals surface area (Å²) in [5.41, 5.74) is 1.60.